The van der Waals surface area contributed by atoms with Crippen molar-refractivity contribution < 1.29 is 0 Å². The SMILES string of the molecule is Cc1ccc2c(c1)C(C)(C)NC2(C)C. The number of hydrogen-bond acceptors (Lipinski definition) is 1. The van der Waals surface area contributed by atoms with Crippen LogP contribution in [0.1, 0.15) is 44.4 Å². The number of hydrogen-bond donors (Lipinski definition) is 1. The number of benzene rings is 1. The summed E-state index contributed by atoms with van der Waals surface area (Å²) in [6.45, 7) is 11.1. The third-order valence-corrected chi connectivity index (χ3v) is 3.15. The normalized spacial score (nSPS) is 22.1. The molecule has 0 bridgehead atoms. The van der Waals surface area contributed by atoms with E-state index >= 15 is 0 Å². The highest BCUT2D eigenvalue weighted by atomic mass is 15.1. The van der Waals surface area contributed by atoms with Crippen molar-refractivity contribution in [3.63, 3.8) is 0 Å². The smallest absolute Gasteiger partial charge is 0.0388 e. The van der Waals surface area contributed by atoms with Crippen LogP contribution in [0.5, 0.6) is 0 Å². The molecule has 1 aromatic rings. The van der Waals surface area contributed by atoms with E-state index in [0.29, 0.717) is 0 Å². The Balaban J connectivity index is 2.66. The Kier molecular flexibility index (Phi) is 1.81. The fourth-order valence-electron chi connectivity index (χ4n) is 2.64. The predicted octanol–water partition coefficient (Wildman–Crippen LogP) is 3.07. The molecular formula is C13H19N. The zero-order chi connectivity index (χ0) is 10.6. The largest absolute Gasteiger partial charge is 0.299 e. The van der Waals surface area contributed by atoms with Crippen LogP contribution in [-0.2, 0) is 11.1 Å². The van der Waals surface area contributed by atoms with Crippen LogP contribution < -0.4 is 5.32 Å². The predicted molar refractivity (Wildman–Crippen MR) is 60.4 cm³/mol. The summed E-state index contributed by atoms with van der Waals surface area (Å²) in [6.07, 6.45) is 0. The quantitative estimate of drug-likeness (QED) is 0.661. The zero-order valence-electron chi connectivity index (χ0n) is 9.73. The zero-order valence-corrected chi connectivity index (χ0v) is 9.73. The Hall–Kier alpha value is -0.820. The molecule has 1 heterocycles. The van der Waals surface area contributed by atoms with Crippen LogP contribution in [0.15, 0.2) is 18.2 Å². The summed E-state index contributed by atoms with van der Waals surface area (Å²) in [5.41, 5.74) is 4.43. The third kappa shape index (κ3) is 1.27. The molecule has 1 aliphatic heterocycles. The lowest BCUT2D eigenvalue weighted by Crippen LogP contribution is -2.39. The summed E-state index contributed by atoms with van der Waals surface area (Å²) >= 11 is 0. The molecule has 0 fully saturated rings. The van der Waals surface area contributed by atoms with Gasteiger partial charge in [-0.3, -0.25) is 5.32 Å². The van der Waals surface area contributed by atoms with Crippen LogP contribution in [0, 0.1) is 6.92 Å². The second-order valence-corrected chi connectivity index (χ2v) is 5.42. The van der Waals surface area contributed by atoms with Crippen LogP contribution in [0.3, 0.4) is 0 Å². The second kappa shape index (κ2) is 2.60. The average Bonchev–Trinajstić information content (AvgIpc) is 2.17. The first-order chi connectivity index (χ1) is 6.33. The minimum atomic E-state index is 0.102. The Morgan fingerprint density at radius 1 is 0.929 bits per heavy atom. The lowest BCUT2D eigenvalue weighted by molar-refractivity contribution is 0.319. The molecule has 0 saturated heterocycles. The van der Waals surface area contributed by atoms with E-state index in [4.69, 9.17) is 0 Å². The Labute approximate surface area is 86.5 Å². The highest BCUT2D eigenvalue weighted by Crippen LogP contribution is 2.40. The molecule has 2 rings (SSSR count). The van der Waals surface area contributed by atoms with Crippen LogP contribution >= 0.6 is 0 Å². The molecule has 0 saturated carbocycles. The molecule has 0 aliphatic carbocycles. The van der Waals surface area contributed by atoms with Gasteiger partial charge in [-0.25, -0.2) is 0 Å². The fourth-order valence-corrected chi connectivity index (χ4v) is 2.64. The monoisotopic (exact) mass is 189 g/mol. The van der Waals surface area contributed by atoms with Crippen LogP contribution in [-0.4, -0.2) is 0 Å². The molecule has 1 N–H and O–H groups in total. The minimum Gasteiger partial charge on any atom is -0.299 e. The standard InChI is InChI=1S/C13H19N/c1-9-6-7-10-11(8-9)13(4,5)14-12(10,2)3/h6-8,14H,1-5H3. The average molecular weight is 189 g/mol. The summed E-state index contributed by atoms with van der Waals surface area (Å²) in [7, 11) is 0. The molecule has 0 amide bonds. The van der Waals surface area contributed by atoms with Gasteiger partial charge in [0.2, 0.25) is 0 Å². The first kappa shape index (κ1) is 9.72. The maximum atomic E-state index is 3.66. The van der Waals surface area contributed by atoms with Gasteiger partial charge in [-0.05, 0) is 45.7 Å². The van der Waals surface area contributed by atoms with Crippen molar-refractivity contribution in [2.75, 3.05) is 0 Å². The van der Waals surface area contributed by atoms with Gasteiger partial charge >= 0.3 is 0 Å². The molecule has 0 atom stereocenters. The summed E-state index contributed by atoms with van der Waals surface area (Å²) in [5.74, 6) is 0. The summed E-state index contributed by atoms with van der Waals surface area (Å²) in [4.78, 5) is 0. The summed E-state index contributed by atoms with van der Waals surface area (Å²) in [5, 5.41) is 3.66. The number of rotatable bonds is 0. The van der Waals surface area contributed by atoms with Crippen molar-refractivity contribution in [2.45, 2.75) is 45.7 Å². The number of fused-ring (bicyclic) bond motifs is 1. The molecule has 0 unspecified atom stereocenters. The van der Waals surface area contributed by atoms with Crippen molar-refractivity contribution in [3.05, 3.63) is 34.9 Å². The van der Waals surface area contributed by atoms with E-state index in [1.165, 1.54) is 16.7 Å². The van der Waals surface area contributed by atoms with Gasteiger partial charge in [0.1, 0.15) is 0 Å². The van der Waals surface area contributed by atoms with Gasteiger partial charge < -0.3 is 0 Å². The van der Waals surface area contributed by atoms with Crippen molar-refractivity contribution >= 4 is 0 Å². The van der Waals surface area contributed by atoms with Gasteiger partial charge in [-0.1, -0.05) is 23.8 Å². The van der Waals surface area contributed by atoms with E-state index in [9.17, 15) is 0 Å². The number of aryl methyl sites for hydroxylation is 1. The van der Waals surface area contributed by atoms with Gasteiger partial charge in [-0.2, -0.15) is 0 Å². The molecule has 0 aromatic heterocycles. The third-order valence-electron chi connectivity index (χ3n) is 3.15. The molecular weight excluding hydrogens is 170 g/mol. The summed E-state index contributed by atoms with van der Waals surface area (Å²) in [6, 6.07) is 6.76. The fraction of sp³-hybridized carbons (Fsp3) is 0.538. The van der Waals surface area contributed by atoms with Crippen molar-refractivity contribution in [1.82, 2.24) is 5.32 Å². The maximum Gasteiger partial charge on any atom is 0.0388 e. The summed E-state index contributed by atoms with van der Waals surface area (Å²) < 4.78 is 0. The van der Waals surface area contributed by atoms with E-state index in [2.05, 4.69) is 58.1 Å². The van der Waals surface area contributed by atoms with Crippen LogP contribution in [0.2, 0.25) is 0 Å². The molecule has 1 heteroatoms. The lowest BCUT2D eigenvalue weighted by Gasteiger charge is -2.25. The highest BCUT2D eigenvalue weighted by Gasteiger charge is 2.40. The molecule has 0 spiro atoms. The number of nitrogens with one attached hydrogen (secondary N) is 1. The van der Waals surface area contributed by atoms with Gasteiger partial charge in [-0.15, -0.1) is 0 Å². The van der Waals surface area contributed by atoms with E-state index in [0.717, 1.165) is 0 Å². The van der Waals surface area contributed by atoms with E-state index in [1.807, 2.05) is 0 Å². The van der Waals surface area contributed by atoms with Gasteiger partial charge in [0.25, 0.3) is 0 Å². The molecule has 1 nitrogen and oxygen atoms in total. The van der Waals surface area contributed by atoms with E-state index in [-0.39, 0.29) is 11.1 Å². The Morgan fingerprint density at radius 2 is 1.50 bits per heavy atom. The molecule has 1 aromatic carbocycles. The lowest BCUT2D eigenvalue weighted by atomic mass is 9.89. The molecule has 0 radical (unpaired) electrons. The highest BCUT2D eigenvalue weighted by molar-refractivity contribution is 5.44. The first-order valence-electron chi connectivity index (χ1n) is 5.24. The van der Waals surface area contributed by atoms with Crippen LogP contribution in [0.25, 0.3) is 0 Å². The molecule has 1 aliphatic rings. The van der Waals surface area contributed by atoms with Crippen LogP contribution in [0.4, 0.5) is 0 Å². The van der Waals surface area contributed by atoms with Crippen molar-refractivity contribution in [2.24, 2.45) is 0 Å². The molecule has 14 heavy (non-hydrogen) atoms. The van der Waals surface area contributed by atoms with Gasteiger partial charge in [0, 0.05) is 11.1 Å². The van der Waals surface area contributed by atoms with Crippen molar-refractivity contribution in [3.8, 4) is 0 Å². The Bertz CT molecular complexity index is 375. The Morgan fingerprint density at radius 3 is 2.14 bits per heavy atom. The van der Waals surface area contributed by atoms with Gasteiger partial charge in [0.15, 0.2) is 0 Å². The van der Waals surface area contributed by atoms with E-state index < -0.39 is 0 Å². The maximum absolute atomic E-state index is 3.66. The van der Waals surface area contributed by atoms with E-state index in [1.54, 1.807) is 0 Å². The second-order valence-electron chi connectivity index (χ2n) is 5.42. The molecule has 76 valence electrons. The first-order valence-corrected chi connectivity index (χ1v) is 5.24. The topological polar surface area (TPSA) is 12.0 Å². The van der Waals surface area contributed by atoms with Crippen molar-refractivity contribution in [1.29, 1.82) is 0 Å². The minimum absolute atomic E-state index is 0.102. The van der Waals surface area contributed by atoms with Gasteiger partial charge in [0.05, 0.1) is 0 Å².